The van der Waals surface area contributed by atoms with Gasteiger partial charge in [0, 0.05) is 32.9 Å². The van der Waals surface area contributed by atoms with Crippen LogP contribution in [0.2, 0.25) is 0 Å². The van der Waals surface area contributed by atoms with Crippen molar-refractivity contribution in [1.29, 1.82) is 0 Å². The van der Waals surface area contributed by atoms with Gasteiger partial charge in [0.05, 0.1) is 22.1 Å². The number of para-hydroxylation sites is 1. The largest absolute Gasteiger partial charge is 0.309 e. The molecule has 280 valence electrons. The summed E-state index contributed by atoms with van der Waals surface area (Å²) < 4.78 is 4.91. The van der Waals surface area contributed by atoms with Gasteiger partial charge in [0.1, 0.15) is 0 Å². The second-order valence-corrected chi connectivity index (χ2v) is 17.7. The van der Waals surface area contributed by atoms with Gasteiger partial charge in [-0.15, -0.1) is 0 Å². The summed E-state index contributed by atoms with van der Waals surface area (Å²) in [6.07, 6.45) is 2.40. The van der Waals surface area contributed by atoms with E-state index >= 15 is 0 Å². The molecule has 10 aromatic rings. The third-order valence-corrected chi connectivity index (χ3v) is 13.2. The van der Waals surface area contributed by atoms with E-state index in [-0.39, 0.29) is 10.8 Å². The molecule has 0 saturated carbocycles. The van der Waals surface area contributed by atoms with E-state index in [2.05, 4.69) is 219 Å². The van der Waals surface area contributed by atoms with Crippen LogP contribution in [0.5, 0.6) is 0 Å². The minimum absolute atomic E-state index is 0.122. The van der Waals surface area contributed by atoms with Crippen molar-refractivity contribution in [3.05, 3.63) is 193 Å². The van der Waals surface area contributed by atoms with Crippen molar-refractivity contribution < 1.29 is 0 Å². The number of nitrogens with zero attached hydrogens (tertiary/aromatic N) is 2. The van der Waals surface area contributed by atoms with Gasteiger partial charge >= 0.3 is 0 Å². The molecule has 0 N–H and O–H groups in total. The van der Waals surface area contributed by atoms with E-state index in [1.807, 2.05) is 0 Å². The Balaban J connectivity index is 1.13. The van der Waals surface area contributed by atoms with Crippen LogP contribution in [0.25, 0.3) is 88.4 Å². The van der Waals surface area contributed by atoms with Crippen LogP contribution < -0.4 is 0 Å². The van der Waals surface area contributed by atoms with Crippen molar-refractivity contribution in [3.8, 4) is 44.8 Å². The second-order valence-electron chi connectivity index (χ2n) is 17.7. The van der Waals surface area contributed by atoms with Gasteiger partial charge in [-0.3, -0.25) is 0 Å². The molecule has 2 aromatic heterocycles. The van der Waals surface area contributed by atoms with Crippen LogP contribution in [0.15, 0.2) is 182 Å². The van der Waals surface area contributed by atoms with E-state index in [0.717, 1.165) is 0 Å². The van der Waals surface area contributed by atoms with E-state index < -0.39 is 0 Å². The van der Waals surface area contributed by atoms with Crippen LogP contribution in [0.4, 0.5) is 0 Å². The summed E-state index contributed by atoms with van der Waals surface area (Å²) in [5.74, 6) is 0. The van der Waals surface area contributed by atoms with Crippen molar-refractivity contribution in [2.75, 3.05) is 0 Å². The lowest BCUT2D eigenvalue weighted by Gasteiger charge is -2.42. The molecule has 2 heteroatoms. The standard InChI is InChI=1S/C56H46N2/c1-55(2)30-31-56(3,4)50-36-44(24-25-49(50)55)58-53-27-21-40(38-16-10-6-11-17-38)33-46(53)48-35-42(23-29-54(48)58)41-22-28-52-47(34-41)45-32-39(37-14-8-5-9-15-37)20-26-51(45)57(52)43-18-12-7-13-19-43/h5-29,32-36H,30-31H2,1-4H3. The van der Waals surface area contributed by atoms with Gasteiger partial charge in [-0.2, -0.15) is 0 Å². The summed E-state index contributed by atoms with van der Waals surface area (Å²) in [6.45, 7) is 9.66. The first-order chi connectivity index (χ1) is 28.2. The average molecular weight is 747 g/mol. The van der Waals surface area contributed by atoms with Gasteiger partial charge in [0.25, 0.3) is 0 Å². The maximum absolute atomic E-state index is 2.50. The number of rotatable bonds is 5. The minimum atomic E-state index is 0.122. The van der Waals surface area contributed by atoms with Gasteiger partial charge in [-0.1, -0.05) is 137 Å². The molecule has 0 fully saturated rings. The maximum atomic E-state index is 2.50. The smallest absolute Gasteiger partial charge is 0.0541 e. The molecule has 1 aliphatic carbocycles. The van der Waals surface area contributed by atoms with Crippen molar-refractivity contribution in [3.63, 3.8) is 0 Å². The Labute approximate surface area is 340 Å². The predicted molar refractivity (Wildman–Crippen MR) is 247 cm³/mol. The molecular weight excluding hydrogens is 701 g/mol. The highest BCUT2D eigenvalue weighted by Gasteiger charge is 2.37. The molecule has 0 atom stereocenters. The molecule has 0 bridgehead atoms. The molecule has 0 amide bonds. The van der Waals surface area contributed by atoms with Crippen LogP contribution in [0.3, 0.4) is 0 Å². The Hall–Kier alpha value is -6.64. The molecule has 1 aliphatic rings. The molecule has 0 unspecified atom stereocenters. The zero-order valence-corrected chi connectivity index (χ0v) is 33.6. The van der Waals surface area contributed by atoms with E-state index in [0.29, 0.717) is 0 Å². The highest BCUT2D eigenvalue weighted by molar-refractivity contribution is 6.14. The maximum Gasteiger partial charge on any atom is 0.0541 e. The summed E-state index contributed by atoms with van der Waals surface area (Å²) in [6, 6.07) is 67.6. The van der Waals surface area contributed by atoms with Crippen LogP contribution in [-0.2, 0) is 10.8 Å². The van der Waals surface area contributed by atoms with Crippen molar-refractivity contribution in [2.24, 2.45) is 0 Å². The van der Waals surface area contributed by atoms with Crippen LogP contribution in [0.1, 0.15) is 51.7 Å². The first kappa shape index (κ1) is 34.6. The Kier molecular flexibility index (Phi) is 7.72. The number of hydrogen-bond acceptors (Lipinski definition) is 0. The van der Waals surface area contributed by atoms with Crippen molar-refractivity contribution >= 4 is 43.6 Å². The Morgan fingerprint density at radius 2 is 0.672 bits per heavy atom. The first-order valence-electron chi connectivity index (χ1n) is 20.7. The average Bonchev–Trinajstić information content (AvgIpc) is 3.77. The van der Waals surface area contributed by atoms with Crippen LogP contribution >= 0.6 is 0 Å². The second kappa shape index (κ2) is 12.9. The molecule has 58 heavy (non-hydrogen) atoms. The summed E-state index contributed by atoms with van der Waals surface area (Å²) in [5, 5.41) is 5.04. The summed E-state index contributed by atoms with van der Waals surface area (Å²) in [7, 11) is 0. The Morgan fingerprint density at radius 1 is 0.310 bits per heavy atom. The molecular formula is C56H46N2. The molecule has 0 spiro atoms. The minimum Gasteiger partial charge on any atom is -0.309 e. The van der Waals surface area contributed by atoms with Gasteiger partial charge in [0.2, 0.25) is 0 Å². The van der Waals surface area contributed by atoms with Crippen LogP contribution in [-0.4, -0.2) is 9.13 Å². The normalized spacial score (nSPS) is 14.7. The molecule has 2 nitrogen and oxygen atoms in total. The lowest BCUT2D eigenvalue weighted by atomic mass is 9.63. The quantitative estimate of drug-likeness (QED) is 0.166. The molecule has 0 saturated heterocycles. The number of fused-ring (bicyclic) bond motifs is 7. The number of hydrogen-bond donors (Lipinski definition) is 0. The zero-order chi connectivity index (χ0) is 39.2. The molecule has 8 aromatic carbocycles. The SMILES string of the molecule is CC1(C)CCC(C)(C)c2cc(-n3c4ccc(-c5ccccc5)cc4c4cc(-c5ccc6c(c5)c5cc(-c7ccccc7)ccc5n6-c5ccccc5)ccc43)ccc21. The summed E-state index contributed by atoms with van der Waals surface area (Å²) in [4.78, 5) is 0. The third-order valence-electron chi connectivity index (χ3n) is 13.2. The van der Waals surface area contributed by atoms with E-state index in [1.165, 1.54) is 112 Å². The van der Waals surface area contributed by atoms with Gasteiger partial charge in [-0.05, 0) is 141 Å². The fourth-order valence-corrected chi connectivity index (χ4v) is 9.88. The monoisotopic (exact) mass is 746 g/mol. The van der Waals surface area contributed by atoms with E-state index in [9.17, 15) is 0 Å². The van der Waals surface area contributed by atoms with Gasteiger partial charge in [-0.25, -0.2) is 0 Å². The molecule has 2 heterocycles. The highest BCUT2D eigenvalue weighted by atomic mass is 15.0. The fraction of sp³-hybridized carbons (Fsp3) is 0.143. The summed E-state index contributed by atoms with van der Waals surface area (Å²) in [5.41, 5.74) is 17.9. The van der Waals surface area contributed by atoms with Gasteiger partial charge < -0.3 is 9.13 Å². The van der Waals surface area contributed by atoms with Crippen LogP contribution in [0, 0.1) is 0 Å². The highest BCUT2D eigenvalue weighted by Crippen LogP contribution is 2.47. The zero-order valence-electron chi connectivity index (χ0n) is 33.6. The molecule has 0 aliphatic heterocycles. The van der Waals surface area contributed by atoms with E-state index in [1.54, 1.807) is 0 Å². The molecule has 0 radical (unpaired) electrons. The topological polar surface area (TPSA) is 9.86 Å². The van der Waals surface area contributed by atoms with Crippen molar-refractivity contribution in [1.82, 2.24) is 9.13 Å². The summed E-state index contributed by atoms with van der Waals surface area (Å²) >= 11 is 0. The Bertz CT molecular complexity index is 3200. The lowest BCUT2D eigenvalue weighted by Crippen LogP contribution is -2.33. The molecule has 11 rings (SSSR count). The fourth-order valence-electron chi connectivity index (χ4n) is 9.88. The van der Waals surface area contributed by atoms with Crippen molar-refractivity contribution in [2.45, 2.75) is 51.4 Å². The third kappa shape index (κ3) is 5.46. The number of benzene rings is 8. The first-order valence-corrected chi connectivity index (χ1v) is 20.7. The lowest BCUT2D eigenvalue weighted by molar-refractivity contribution is 0.332. The Morgan fingerprint density at radius 3 is 1.10 bits per heavy atom. The predicted octanol–water partition coefficient (Wildman–Crippen LogP) is 15.2. The van der Waals surface area contributed by atoms with Gasteiger partial charge in [0.15, 0.2) is 0 Å². The number of aromatic nitrogens is 2. The van der Waals surface area contributed by atoms with E-state index in [4.69, 9.17) is 0 Å².